The van der Waals surface area contributed by atoms with Gasteiger partial charge in [0.25, 0.3) is 0 Å². The van der Waals surface area contributed by atoms with Crippen molar-refractivity contribution in [3.63, 3.8) is 0 Å². The summed E-state index contributed by atoms with van der Waals surface area (Å²) >= 11 is 0. The standard InChI is InChI=1S/C5H13O2P/c1-5(2)8(6-3)7-4/h5H,1-4H3. The van der Waals surface area contributed by atoms with E-state index in [4.69, 9.17) is 9.05 Å². The molecule has 0 aliphatic carbocycles. The number of hydrogen-bond donors (Lipinski definition) is 0. The highest BCUT2D eigenvalue weighted by molar-refractivity contribution is 7.47. The zero-order valence-electron chi connectivity index (χ0n) is 5.84. The van der Waals surface area contributed by atoms with Crippen molar-refractivity contribution in [2.24, 2.45) is 0 Å². The van der Waals surface area contributed by atoms with E-state index in [1.54, 1.807) is 14.2 Å². The summed E-state index contributed by atoms with van der Waals surface area (Å²) in [6, 6.07) is 0. The van der Waals surface area contributed by atoms with Gasteiger partial charge in [-0.25, -0.2) is 0 Å². The fraction of sp³-hybridized carbons (Fsp3) is 1.00. The third kappa shape index (κ3) is 2.61. The first-order valence-electron chi connectivity index (χ1n) is 2.59. The monoisotopic (exact) mass is 136 g/mol. The summed E-state index contributed by atoms with van der Waals surface area (Å²) < 4.78 is 10.0. The smallest absolute Gasteiger partial charge is 0.172 e. The van der Waals surface area contributed by atoms with Crippen LogP contribution in [0, 0.1) is 0 Å². The van der Waals surface area contributed by atoms with E-state index in [1.165, 1.54) is 0 Å². The molecule has 8 heavy (non-hydrogen) atoms. The molecule has 3 heteroatoms. The number of hydrogen-bond acceptors (Lipinski definition) is 2. The van der Waals surface area contributed by atoms with Crippen LogP contribution in [0.5, 0.6) is 0 Å². The normalized spacial score (nSPS) is 11.2. The lowest BCUT2D eigenvalue weighted by molar-refractivity contribution is 0.334. The topological polar surface area (TPSA) is 18.5 Å². The van der Waals surface area contributed by atoms with Gasteiger partial charge in [0, 0.05) is 19.9 Å². The van der Waals surface area contributed by atoms with Gasteiger partial charge in [0.05, 0.1) is 0 Å². The molecule has 0 aromatic carbocycles. The molecule has 2 nitrogen and oxygen atoms in total. The van der Waals surface area contributed by atoms with Gasteiger partial charge < -0.3 is 9.05 Å². The van der Waals surface area contributed by atoms with E-state index in [2.05, 4.69) is 13.8 Å². The maximum Gasteiger partial charge on any atom is 0.172 e. The Morgan fingerprint density at radius 3 is 1.50 bits per heavy atom. The average molecular weight is 136 g/mol. The van der Waals surface area contributed by atoms with Gasteiger partial charge in [-0.05, 0) is 0 Å². The first-order valence-corrected chi connectivity index (χ1v) is 3.84. The van der Waals surface area contributed by atoms with Crippen LogP contribution in [0.4, 0.5) is 0 Å². The van der Waals surface area contributed by atoms with Gasteiger partial charge in [-0.15, -0.1) is 0 Å². The first kappa shape index (κ1) is 8.35. The van der Waals surface area contributed by atoms with Crippen LogP contribution < -0.4 is 0 Å². The molecule has 0 aliphatic rings. The van der Waals surface area contributed by atoms with Gasteiger partial charge in [-0.1, -0.05) is 13.8 Å². The van der Waals surface area contributed by atoms with E-state index in [1.807, 2.05) is 0 Å². The third-order valence-corrected chi connectivity index (χ3v) is 2.34. The van der Waals surface area contributed by atoms with Crippen LogP contribution in [-0.4, -0.2) is 19.9 Å². The van der Waals surface area contributed by atoms with Crippen molar-refractivity contribution < 1.29 is 9.05 Å². The van der Waals surface area contributed by atoms with Gasteiger partial charge in [-0.3, -0.25) is 0 Å². The molecule has 0 saturated carbocycles. The van der Waals surface area contributed by atoms with Crippen molar-refractivity contribution in [2.45, 2.75) is 19.5 Å². The van der Waals surface area contributed by atoms with E-state index in [9.17, 15) is 0 Å². The lowest BCUT2D eigenvalue weighted by atomic mass is 10.6. The van der Waals surface area contributed by atoms with Gasteiger partial charge in [0.1, 0.15) is 0 Å². The van der Waals surface area contributed by atoms with Crippen molar-refractivity contribution >= 4 is 8.38 Å². The summed E-state index contributed by atoms with van der Waals surface area (Å²) in [5.74, 6) is 0. The average Bonchev–Trinajstić information content (AvgIpc) is 1.69. The molecule has 0 heterocycles. The molecule has 0 unspecified atom stereocenters. The predicted octanol–water partition coefficient (Wildman–Crippen LogP) is 2.00. The van der Waals surface area contributed by atoms with E-state index in [-0.39, 0.29) is 0 Å². The lowest BCUT2D eigenvalue weighted by Gasteiger charge is -2.14. The highest BCUT2D eigenvalue weighted by Crippen LogP contribution is 2.40. The van der Waals surface area contributed by atoms with E-state index in [0.29, 0.717) is 5.66 Å². The fourth-order valence-electron chi connectivity index (χ4n) is 0.496. The Hall–Kier alpha value is 0.350. The van der Waals surface area contributed by atoms with Crippen molar-refractivity contribution in [1.29, 1.82) is 0 Å². The Morgan fingerprint density at radius 2 is 1.50 bits per heavy atom. The maximum atomic E-state index is 5.00. The second-order valence-electron chi connectivity index (χ2n) is 1.74. The van der Waals surface area contributed by atoms with Crippen LogP contribution in [0.25, 0.3) is 0 Å². The first-order chi connectivity index (χ1) is 3.72. The summed E-state index contributed by atoms with van der Waals surface area (Å²) in [4.78, 5) is 0. The molecule has 0 amide bonds. The summed E-state index contributed by atoms with van der Waals surface area (Å²) in [7, 11) is 2.74. The summed E-state index contributed by atoms with van der Waals surface area (Å²) in [5.41, 5.74) is 0.500. The molecule has 0 atom stereocenters. The van der Waals surface area contributed by atoms with E-state index >= 15 is 0 Å². The highest BCUT2D eigenvalue weighted by atomic mass is 31.2. The van der Waals surface area contributed by atoms with Gasteiger partial charge in [0.15, 0.2) is 8.38 Å². The van der Waals surface area contributed by atoms with Crippen molar-refractivity contribution in [2.75, 3.05) is 14.2 Å². The summed E-state index contributed by atoms with van der Waals surface area (Å²) in [5, 5.41) is 0. The van der Waals surface area contributed by atoms with E-state index in [0.717, 1.165) is 0 Å². The van der Waals surface area contributed by atoms with Gasteiger partial charge in [-0.2, -0.15) is 0 Å². The maximum absolute atomic E-state index is 5.00. The molecule has 0 aromatic heterocycles. The molecular formula is C5H13O2P. The quantitative estimate of drug-likeness (QED) is 0.552. The second-order valence-corrected chi connectivity index (χ2v) is 4.08. The van der Waals surface area contributed by atoms with Crippen LogP contribution in [0.2, 0.25) is 0 Å². The molecule has 0 bridgehead atoms. The SMILES string of the molecule is COP(OC)C(C)C. The van der Waals surface area contributed by atoms with Crippen molar-refractivity contribution in [1.82, 2.24) is 0 Å². The van der Waals surface area contributed by atoms with Crippen LogP contribution in [0.3, 0.4) is 0 Å². The molecular weight excluding hydrogens is 123 g/mol. The molecule has 0 radical (unpaired) electrons. The molecule has 0 rings (SSSR count). The molecule has 0 aliphatic heterocycles. The number of rotatable bonds is 3. The van der Waals surface area contributed by atoms with Crippen LogP contribution in [0.15, 0.2) is 0 Å². The second kappa shape index (κ2) is 4.25. The molecule has 0 fully saturated rings. The Bertz CT molecular complexity index is 52.4. The highest BCUT2D eigenvalue weighted by Gasteiger charge is 2.09. The van der Waals surface area contributed by atoms with Crippen LogP contribution in [-0.2, 0) is 9.05 Å². The molecule has 0 aromatic rings. The minimum Gasteiger partial charge on any atom is -0.337 e. The van der Waals surface area contributed by atoms with Crippen molar-refractivity contribution in [3.8, 4) is 0 Å². The fourth-order valence-corrected chi connectivity index (χ4v) is 1.49. The van der Waals surface area contributed by atoms with Gasteiger partial charge >= 0.3 is 0 Å². The minimum atomic E-state index is -0.615. The molecule has 50 valence electrons. The van der Waals surface area contributed by atoms with E-state index < -0.39 is 8.38 Å². The Kier molecular flexibility index (Phi) is 4.44. The molecule has 0 saturated heterocycles. The molecule has 0 N–H and O–H groups in total. The zero-order chi connectivity index (χ0) is 6.57. The minimum absolute atomic E-state index is 0.500. The van der Waals surface area contributed by atoms with Gasteiger partial charge in [0.2, 0.25) is 0 Å². The summed E-state index contributed by atoms with van der Waals surface area (Å²) in [6.45, 7) is 4.16. The Labute approximate surface area is 52.1 Å². The zero-order valence-corrected chi connectivity index (χ0v) is 6.74. The van der Waals surface area contributed by atoms with Crippen molar-refractivity contribution in [3.05, 3.63) is 0 Å². The van der Waals surface area contributed by atoms with Crippen LogP contribution in [0.1, 0.15) is 13.8 Å². The third-order valence-electron chi connectivity index (χ3n) is 0.782. The molecule has 0 spiro atoms. The predicted molar refractivity (Wildman–Crippen MR) is 36.1 cm³/mol. The summed E-state index contributed by atoms with van der Waals surface area (Å²) in [6.07, 6.45) is 0. The van der Waals surface area contributed by atoms with Crippen LogP contribution >= 0.6 is 8.38 Å². The largest absolute Gasteiger partial charge is 0.337 e. The Morgan fingerprint density at radius 1 is 1.12 bits per heavy atom. The Balaban J connectivity index is 3.35. The lowest BCUT2D eigenvalue weighted by Crippen LogP contribution is -1.95.